The average molecular weight is 428 g/mol. The number of hydrogen-bond donors (Lipinski definition) is 2. The van der Waals surface area contributed by atoms with Gasteiger partial charge in [0, 0.05) is 43.8 Å². The fraction of sp³-hybridized carbons (Fsp3) is 0.684. The molecule has 2 heterocycles. The third kappa shape index (κ3) is 5.17. The lowest BCUT2D eigenvalue weighted by Gasteiger charge is -2.29. The number of nitrogens with one attached hydrogen (secondary N) is 2. The van der Waals surface area contributed by atoms with Gasteiger partial charge in [0.1, 0.15) is 5.76 Å². The predicted octanol–water partition coefficient (Wildman–Crippen LogP) is 4.81. The van der Waals surface area contributed by atoms with Crippen molar-refractivity contribution in [2.45, 2.75) is 82.2 Å². The number of rotatable bonds is 5. The van der Waals surface area contributed by atoms with Crippen molar-refractivity contribution in [2.75, 3.05) is 10.6 Å². The van der Waals surface area contributed by atoms with E-state index in [0.29, 0.717) is 37.1 Å². The summed E-state index contributed by atoms with van der Waals surface area (Å²) in [4.78, 5) is 13.1. The van der Waals surface area contributed by atoms with E-state index in [1.165, 1.54) is 0 Å². The van der Waals surface area contributed by atoms with Crippen LogP contribution in [0.1, 0.15) is 57.1 Å². The molecule has 2 aromatic rings. The van der Waals surface area contributed by atoms with Crippen molar-refractivity contribution in [1.82, 2.24) is 20.1 Å². The van der Waals surface area contributed by atoms with Crippen LogP contribution in [0.15, 0.2) is 10.6 Å². The molecule has 0 unspecified atom stereocenters. The number of alkyl halides is 4. The van der Waals surface area contributed by atoms with E-state index < -0.39 is 11.8 Å². The number of nitrogens with zero attached hydrogens (tertiary/aromatic N) is 4. The zero-order chi connectivity index (χ0) is 21.4. The summed E-state index contributed by atoms with van der Waals surface area (Å²) in [6.07, 6.45) is 0.460. The predicted molar refractivity (Wildman–Crippen MR) is 102 cm³/mol. The second-order valence-electron chi connectivity index (χ2n) is 8.18. The Balaban J connectivity index is 1.52. The van der Waals surface area contributed by atoms with Gasteiger partial charge >= 0.3 is 0 Å². The zero-order valence-electron chi connectivity index (χ0n) is 16.6. The molecule has 2 N–H and O–H groups in total. The van der Waals surface area contributed by atoms with Gasteiger partial charge in [0.2, 0.25) is 23.7 Å². The molecule has 2 aliphatic rings. The molecule has 30 heavy (non-hydrogen) atoms. The lowest BCUT2D eigenvalue weighted by molar-refractivity contribution is -0.0366. The van der Waals surface area contributed by atoms with Crippen molar-refractivity contribution in [2.24, 2.45) is 0 Å². The van der Waals surface area contributed by atoms with Gasteiger partial charge in [-0.25, -0.2) is 17.6 Å². The quantitative estimate of drug-likeness (QED) is 0.661. The lowest BCUT2D eigenvalue weighted by Crippen LogP contribution is -2.33. The Labute approximate surface area is 171 Å². The van der Waals surface area contributed by atoms with Crippen LogP contribution in [0, 0.1) is 6.92 Å². The van der Waals surface area contributed by atoms with E-state index in [1.54, 1.807) is 13.0 Å². The summed E-state index contributed by atoms with van der Waals surface area (Å²) in [5.41, 5.74) is 0.409. The summed E-state index contributed by atoms with van der Waals surface area (Å²) in [6, 6.07) is 1.31. The number of halogens is 4. The van der Waals surface area contributed by atoms with E-state index in [2.05, 4.69) is 30.7 Å². The van der Waals surface area contributed by atoms with Gasteiger partial charge in [-0.1, -0.05) is 5.16 Å². The first-order valence-electron chi connectivity index (χ1n) is 10.2. The molecule has 0 bridgehead atoms. The Morgan fingerprint density at radius 1 is 0.833 bits per heavy atom. The highest BCUT2D eigenvalue weighted by Crippen LogP contribution is 2.35. The Morgan fingerprint density at radius 3 is 1.70 bits per heavy atom. The standard InChI is InChI=1S/C19H24F4N6O/c1-11-10-14(29-30-11)15-26-16(24-12-2-6-18(20,21)7-3-12)28-17(27-15)25-13-4-8-19(22,23)9-5-13/h10,12-13H,2-9H2,1H3,(H2,24,25,26,27,28). The summed E-state index contributed by atoms with van der Waals surface area (Å²) in [5, 5.41) is 10.1. The topological polar surface area (TPSA) is 88.8 Å². The highest BCUT2D eigenvalue weighted by atomic mass is 19.3. The Kier molecular flexibility index (Phi) is 5.54. The van der Waals surface area contributed by atoms with Crippen LogP contribution in [0.25, 0.3) is 11.5 Å². The summed E-state index contributed by atoms with van der Waals surface area (Å²) in [7, 11) is 0. The normalized spacial score (nSPS) is 22.0. The summed E-state index contributed by atoms with van der Waals surface area (Å²) in [6.45, 7) is 1.74. The summed E-state index contributed by atoms with van der Waals surface area (Å²) in [5.74, 6) is -3.95. The van der Waals surface area contributed by atoms with Gasteiger partial charge in [-0.05, 0) is 32.6 Å². The second kappa shape index (κ2) is 7.99. The molecule has 0 atom stereocenters. The molecule has 7 nitrogen and oxygen atoms in total. The van der Waals surface area contributed by atoms with E-state index in [1.807, 2.05) is 0 Å². The molecule has 0 radical (unpaired) electrons. The van der Waals surface area contributed by atoms with Crippen LogP contribution in [0.4, 0.5) is 29.5 Å². The lowest BCUT2D eigenvalue weighted by atomic mass is 9.92. The number of anilines is 2. The summed E-state index contributed by atoms with van der Waals surface area (Å²) < 4.78 is 58.8. The van der Waals surface area contributed by atoms with Crippen LogP contribution < -0.4 is 10.6 Å². The minimum atomic E-state index is -2.63. The first-order valence-corrected chi connectivity index (χ1v) is 10.2. The number of aryl methyl sites for hydroxylation is 1. The summed E-state index contributed by atoms with van der Waals surface area (Å²) >= 11 is 0. The zero-order valence-corrected chi connectivity index (χ0v) is 16.6. The molecule has 164 valence electrons. The average Bonchev–Trinajstić information content (AvgIpc) is 3.12. The van der Waals surface area contributed by atoms with Gasteiger partial charge in [0.25, 0.3) is 0 Å². The first kappa shape index (κ1) is 20.8. The van der Waals surface area contributed by atoms with E-state index in [0.717, 1.165) is 0 Å². The van der Waals surface area contributed by atoms with Gasteiger partial charge < -0.3 is 15.2 Å². The Hall–Kier alpha value is -2.46. The fourth-order valence-corrected chi connectivity index (χ4v) is 3.83. The fourth-order valence-electron chi connectivity index (χ4n) is 3.83. The maximum atomic E-state index is 13.4. The minimum absolute atomic E-state index is 0.180. The molecule has 2 aliphatic carbocycles. The van der Waals surface area contributed by atoms with E-state index in [-0.39, 0.29) is 55.5 Å². The molecule has 2 aromatic heterocycles. The van der Waals surface area contributed by atoms with Gasteiger partial charge in [0.15, 0.2) is 11.5 Å². The van der Waals surface area contributed by atoms with Gasteiger partial charge in [-0.3, -0.25) is 0 Å². The third-order valence-electron chi connectivity index (χ3n) is 5.59. The molecule has 0 amide bonds. The van der Waals surface area contributed by atoms with Crippen molar-refractivity contribution < 1.29 is 22.1 Å². The second-order valence-corrected chi connectivity index (χ2v) is 8.18. The highest BCUT2D eigenvalue weighted by molar-refractivity contribution is 5.53. The van der Waals surface area contributed by atoms with Crippen LogP contribution in [0.2, 0.25) is 0 Å². The SMILES string of the molecule is Cc1cc(-c2nc(NC3CCC(F)(F)CC3)nc(NC3CCC(F)(F)CC3)n2)no1. The molecular weight excluding hydrogens is 404 g/mol. The van der Waals surface area contributed by atoms with Crippen molar-refractivity contribution in [1.29, 1.82) is 0 Å². The smallest absolute Gasteiger partial charge is 0.248 e. The van der Waals surface area contributed by atoms with Crippen LogP contribution in [-0.2, 0) is 0 Å². The van der Waals surface area contributed by atoms with Gasteiger partial charge in [-0.2, -0.15) is 15.0 Å². The molecule has 2 fully saturated rings. The Bertz CT molecular complexity index is 821. The maximum absolute atomic E-state index is 13.4. The number of aromatic nitrogens is 4. The van der Waals surface area contributed by atoms with Crippen molar-refractivity contribution >= 4 is 11.9 Å². The molecule has 0 aliphatic heterocycles. The van der Waals surface area contributed by atoms with Gasteiger partial charge in [-0.15, -0.1) is 0 Å². The third-order valence-corrected chi connectivity index (χ3v) is 5.59. The van der Waals surface area contributed by atoms with Crippen molar-refractivity contribution in [3.05, 3.63) is 11.8 Å². The largest absolute Gasteiger partial charge is 0.361 e. The van der Waals surface area contributed by atoms with Crippen LogP contribution in [-0.4, -0.2) is 44.0 Å². The monoisotopic (exact) mass is 428 g/mol. The van der Waals surface area contributed by atoms with Gasteiger partial charge in [0.05, 0.1) is 0 Å². The van der Waals surface area contributed by atoms with Crippen LogP contribution in [0.3, 0.4) is 0 Å². The van der Waals surface area contributed by atoms with E-state index in [4.69, 9.17) is 4.52 Å². The minimum Gasteiger partial charge on any atom is -0.361 e. The van der Waals surface area contributed by atoms with E-state index >= 15 is 0 Å². The molecule has 2 saturated carbocycles. The van der Waals surface area contributed by atoms with E-state index in [9.17, 15) is 17.6 Å². The Morgan fingerprint density at radius 2 is 1.30 bits per heavy atom. The highest BCUT2D eigenvalue weighted by Gasteiger charge is 2.36. The first-order chi connectivity index (χ1) is 14.2. The molecular formula is C19H24F4N6O. The van der Waals surface area contributed by atoms with Crippen molar-refractivity contribution in [3.8, 4) is 11.5 Å². The number of hydrogen-bond acceptors (Lipinski definition) is 7. The molecule has 4 rings (SSSR count). The maximum Gasteiger partial charge on any atom is 0.248 e. The molecule has 0 saturated heterocycles. The molecule has 0 spiro atoms. The van der Waals surface area contributed by atoms with Crippen LogP contribution >= 0.6 is 0 Å². The molecule has 0 aromatic carbocycles. The molecule has 11 heteroatoms. The van der Waals surface area contributed by atoms with Crippen molar-refractivity contribution in [3.63, 3.8) is 0 Å². The van der Waals surface area contributed by atoms with Crippen LogP contribution in [0.5, 0.6) is 0 Å².